The van der Waals surface area contributed by atoms with Crippen molar-refractivity contribution in [3.63, 3.8) is 0 Å². The molecule has 2 bridgehead atoms. The molecule has 6 atom stereocenters. The molecular weight excluding hydrogens is 508 g/mol. The third kappa shape index (κ3) is 3.74. The topological polar surface area (TPSA) is 92.8 Å². The molecule has 1 heterocycles. The van der Waals surface area contributed by atoms with Gasteiger partial charge in [0.1, 0.15) is 0 Å². The maximum absolute atomic E-state index is 12.8. The number of hydrogen-bond acceptors (Lipinski definition) is 5. The van der Waals surface area contributed by atoms with E-state index in [2.05, 4.69) is 37.2 Å². The first kappa shape index (κ1) is 20.5. The van der Waals surface area contributed by atoms with E-state index in [-0.39, 0.29) is 58.1 Å². The molecule has 4 rings (SSSR count). The Kier molecular flexibility index (Phi) is 5.79. The summed E-state index contributed by atoms with van der Waals surface area (Å²) in [6, 6.07) is 8.84. The number of alkyl halides is 2. The Morgan fingerprint density at radius 1 is 1.03 bits per heavy atom. The van der Waals surface area contributed by atoms with Gasteiger partial charge in [0.25, 0.3) is 5.91 Å². The first-order chi connectivity index (χ1) is 13.9. The molecule has 3 fully saturated rings. The molecule has 2 saturated carbocycles. The van der Waals surface area contributed by atoms with Gasteiger partial charge in [0.2, 0.25) is 11.8 Å². The number of nitrogens with one attached hydrogen (secondary N) is 1. The molecule has 3 amide bonds. The van der Waals surface area contributed by atoms with Crippen molar-refractivity contribution < 1.29 is 23.9 Å². The zero-order valence-corrected chi connectivity index (χ0v) is 18.6. The third-order valence-corrected chi connectivity index (χ3v) is 9.25. The van der Waals surface area contributed by atoms with E-state index in [9.17, 15) is 19.2 Å². The van der Waals surface area contributed by atoms with Gasteiger partial charge in [-0.05, 0) is 30.4 Å². The minimum Gasteiger partial charge on any atom is -0.456 e. The second kappa shape index (κ2) is 8.18. The standard InChI is InChI=1S/C20H20Br2N2O5/c21-17-11-8-12(18(17)22)16-15(11)19(27)24(20(16)28)7-6-14(26)29-9-13(25)23-10-4-2-1-3-5-10/h1-5,11-12,15-18H,6-9H2,(H,23,25)/t11-,12-,15-,16+,17+,18+/m1/s1. The van der Waals surface area contributed by atoms with Gasteiger partial charge in [-0.3, -0.25) is 24.1 Å². The number of halogens is 2. The van der Waals surface area contributed by atoms with E-state index in [1.807, 2.05) is 6.07 Å². The number of nitrogens with zero attached hydrogens (tertiary/aromatic N) is 1. The zero-order chi connectivity index (χ0) is 20.7. The second-order valence-electron chi connectivity index (χ2n) is 7.66. The minimum absolute atomic E-state index is 0.0108. The van der Waals surface area contributed by atoms with E-state index in [1.54, 1.807) is 24.3 Å². The highest BCUT2D eigenvalue weighted by molar-refractivity contribution is 9.12. The van der Waals surface area contributed by atoms with Crippen LogP contribution in [0.3, 0.4) is 0 Å². The number of imide groups is 1. The number of carbonyl (C=O) groups excluding carboxylic acids is 4. The summed E-state index contributed by atoms with van der Waals surface area (Å²) in [6.07, 6.45) is 0.741. The first-order valence-corrected chi connectivity index (χ1v) is 11.4. The molecule has 1 N–H and O–H groups in total. The number of carbonyl (C=O) groups is 4. The summed E-state index contributed by atoms with van der Waals surface area (Å²) >= 11 is 7.29. The summed E-state index contributed by atoms with van der Waals surface area (Å²) in [6.45, 7) is -0.426. The lowest BCUT2D eigenvalue weighted by Crippen LogP contribution is -2.37. The lowest BCUT2D eigenvalue weighted by Gasteiger charge is -2.28. The Morgan fingerprint density at radius 3 is 2.21 bits per heavy atom. The van der Waals surface area contributed by atoms with Crippen molar-refractivity contribution in [1.82, 2.24) is 4.90 Å². The number of rotatable bonds is 6. The Hall–Kier alpha value is -1.74. The molecular formula is C20H20Br2N2O5. The number of para-hydroxylation sites is 1. The number of ether oxygens (including phenoxy) is 1. The van der Waals surface area contributed by atoms with Crippen molar-refractivity contribution in [2.24, 2.45) is 23.7 Å². The summed E-state index contributed by atoms with van der Waals surface area (Å²) in [5, 5.41) is 2.62. The van der Waals surface area contributed by atoms with Crippen LogP contribution in [0.1, 0.15) is 12.8 Å². The van der Waals surface area contributed by atoms with Crippen LogP contribution in [0.15, 0.2) is 30.3 Å². The highest BCUT2D eigenvalue weighted by Crippen LogP contribution is 2.60. The molecule has 9 heteroatoms. The summed E-state index contributed by atoms with van der Waals surface area (Å²) in [5.41, 5.74) is 0.609. The van der Waals surface area contributed by atoms with Gasteiger partial charge in [0.15, 0.2) is 6.61 Å². The molecule has 1 aromatic rings. The zero-order valence-electron chi connectivity index (χ0n) is 15.4. The first-order valence-electron chi connectivity index (χ1n) is 9.52. The summed E-state index contributed by atoms with van der Waals surface area (Å²) in [7, 11) is 0. The van der Waals surface area contributed by atoms with E-state index < -0.39 is 18.5 Å². The lowest BCUT2D eigenvalue weighted by molar-refractivity contribution is -0.149. The average molecular weight is 528 g/mol. The largest absolute Gasteiger partial charge is 0.456 e. The van der Waals surface area contributed by atoms with Crippen LogP contribution in [-0.4, -0.2) is 51.4 Å². The number of fused-ring (bicyclic) bond motifs is 5. The molecule has 1 saturated heterocycles. The van der Waals surface area contributed by atoms with Gasteiger partial charge >= 0.3 is 5.97 Å². The quantitative estimate of drug-likeness (QED) is 0.348. The molecule has 7 nitrogen and oxygen atoms in total. The fourth-order valence-electron chi connectivity index (χ4n) is 4.77. The number of likely N-dealkylation sites (tertiary alicyclic amines) is 1. The lowest BCUT2D eigenvalue weighted by atomic mass is 9.81. The van der Waals surface area contributed by atoms with Crippen molar-refractivity contribution in [3.05, 3.63) is 30.3 Å². The summed E-state index contributed by atoms with van der Waals surface area (Å²) in [4.78, 5) is 50.9. The van der Waals surface area contributed by atoms with Gasteiger partial charge in [-0.2, -0.15) is 0 Å². The average Bonchev–Trinajstić information content (AvgIpc) is 3.31. The van der Waals surface area contributed by atoms with Gasteiger partial charge in [-0.25, -0.2) is 0 Å². The van der Waals surface area contributed by atoms with Crippen molar-refractivity contribution >= 4 is 61.2 Å². The van der Waals surface area contributed by atoms with E-state index in [1.165, 1.54) is 4.90 Å². The van der Waals surface area contributed by atoms with Gasteiger partial charge < -0.3 is 10.1 Å². The van der Waals surface area contributed by atoms with Gasteiger partial charge in [0.05, 0.1) is 18.3 Å². The SMILES string of the molecule is O=C(COC(=O)CCN1C(=O)[C@@H]2[C@H]3C[C@@H]([C@H](Br)[C@H]3Br)[C@@H]2C1=O)Nc1ccccc1. The molecule has 154 valence electrons. The number of amides is 3. The Morgan fingerprint density at radius 2 is 1.62 bits per heavy atom. The maximum atomic E-state index is 12.8. The number of hydrogen-bond donors (Lipinski definition) is 1. The third-order valence-electron chi connectivity index (χ3n) is 6.04. The van der Waals surface area contributed by atoms with Crippen molar-refractivity contribution in [1.29, 1.82) is 0 Å². The van der Waals surface area contributed by atoms with Crippen LogP contribution in [0.4, 0.5) is 5.69 Å². The fourth-order valence-corrected chi connectivity index (χ4v) is 6.64. The second-order valence-corrected chi connectivity index (χ2v) is 9.77. The monoisotopic (exact) mass is 526 g/mol. The van der Waals surface area contributed by atoms with Gasteiger partial charge in [0, 0.05) is 21.9 Å². The van der Waals surface area contributed by atoms with Crippen LogP contribution < -0.4 is 5.32 Å². The van der Waals surface area contributed by atoms with E-state index in [0.717, 1.165) is 6.42 Å². The van der Waals surface area contributed by atoms with E-state index in [4.69, 9.17) is 4.74 Å². The summed E-state index contributed by atoms with van der Waals surface area (Å²) < 4.78 is 4.97. The summed E-state index contributed by atoms with van der Waals surface area (Å²) in [5.74, 6) is -1.75. The number of anilines is 1. The van der Waals surface area contributed by atoms with Crippen LogP contribution in [0.25, 0.3) is 0 Å². The molecule has 1 aromatic carbocycles. The predicted molar refractivity (Wildman–Crippen MR) is 111 cm³/mol. The van der Waals surface area contributed by atoms with Crippen LogP contribution in [0.2, 0.25) is 0 Å². The van der Waals surface area contributed by atoms with Crippen LogP contribution in [-0.2, 0) is 23.9 Å². The van der Waals surface area contributed by atoms with E-state index >= 15 is 0 Å². The molecule has 0 aromatic heterocycles. The van der Waals surface area contributed by atoms with E-state index in [0.29, 0.717) is 5.69 Å². The molecule has 0 spiro atoms. The molecule has 3 aliphatic rings. The van der Waals surface area contributed by atoms with Crippen molar-refractivity contribution in [2.45, 2.75) is 22.5 Å². The van der Waals surface area contributed by atoms with Crippen molar-refractivity contribution in [2.75, 3.05) is 18.5 Å². The highest BCUT2D eigenvalue weighted by Gasteiger charge is 2.66. The molecule has 0 radical (unpaired) electrons. The van der Waals surface area contributed by atoms with Gasteiger partial charge in [-0.1, -0.05) is 50.1 Å². The molecule has 2 aliphatic carbocycles. The highest BCUT2D eigenvalue weighted by atomic mass is 79.9. The normalized spacial score (nSPS) is 32.4. The fraction of sp³-hybridized carbons (Fsp3) is 0.500. The van der Waals surface area contributed by atoms with Crippen LogP contribution in [0, 0.1) is 23.7 Å². The smallest absolute Gasteiger partial charge is 0.308 e. The maximum Gasteiger partial charge on any atom is 0.308 e. The van der Waals surface area contributed by atoms with Crippen molar-refractivity contribution in [3.8, 4) is 0 Å². The molecule has 0 unspecified atom stereocenters. The molecule has 1 aliphatic heterocycles. The van der Waals surface area contributed by atoms with Gasteiger partial charge in [-0.15, -0.1) is 0 Å². The minimum atomic E-state index is -0.620. The number of benzene rings is 1. The Labute approximate surface area is 184 Å². The van der Waals surface area contributed by atoms with Crippen LogP contribution in [0.5, 0.6) is 0 Å². The Bertz CT molecular complexity index is 817. The van der Waals surface area contributed by atoms with Crippen LogP contribution >= 0.6 is 31.9 Å². The number of esters is 1. The Balaban J connectivity index is 1.26. The molecule has 29 heavy (non-hydrogen) atoms. The predicted octanol–water partition coefficient (Wildman–Crippen LogP) is 2.34.